The van der Waals surface area contributed by atoms with E-state index in [1.165, 1.54) is 16.7 Å². The second kappa shape index (κ2) is 9.67. The number of amides is 2. The van der Waals surface area contributed by atoms with E-state index in [0.717, 1.165) is 44.3 Å². The van der Waals surface area contributed by atoms with Crippen LogP contribution in [-0.4, -0.2) is 36.3 Å². The molecule has 0 radical (unpaired) electrons. The van der Waals surface area contributed by atoms with Gasteiger partial charge in [-0.1, -0.05) is 56.3 Å². The minimum Gasteiger partial charge on any atom is -0.343 e. The molecule has 0 spiro atoms. The van der Waals surface area contributed by atoms with E-state index < -0.39 is 0 Å². The SMILES string of the molecule is CC(C)c1ccc2c(c1)CCCN2C(=O)C1CCN(C(=O)CCc2ccccc2)CC1. The summed E-state index contributed by atoms with van der Waals surface area (Å²) in [7, 11) is 0. The van der Waals surface area contributed by atoms with Gasteiger partial charge in [0.2, 0.25) is 11.8 Å². The van der Waals surface area contributed by atoms with Crippen LogP contribution in [0.15, 0.2) is 48.5 Å². The fourth-order valence-electron chi connectivity index (χ4n) is 4.86. The van der Waals surface area contributed by atoms with Crippen molar-refractivity contribution in [2.24, 2.45) is 5.92 Å². The Hall–Kier alpha value is -2.62. The van der Waals surface area contributed by atoms with Gasteiger partial charge in [0, 0.05) is 37.7 Å². The zero-order valence-electron chi connectivity index (χ0n) is 18.8. The predicted octanol–water partition coefficient (Wildman–Crippen LogP) is 4.96. The lowest BCUT2D eigenvalue weighted by molar-refractivity contribution is -0.134. The molecule has 2 aliphatic rings. The second-order valence-electron chi connectivity index (χ2n) is 9.28. The van der Waals surface area contributed by atoms with Gasteiger partial charge in [0.1, 0.15) is 0 Å². The van der Waals surface area contributed by atoms with Crippen LogP contribution < -0.4 is 4.90 Å². The van der Waals surface area contributed by atoms with Gasteiger partial charge in [0.05, 0.1) is 0 Å². The minimum absolute atomic E-state index is 0.0221. The van der Waals surface area contributed by atoms with Gasteiger partial charge in [-0.3, -0.25) is 9.59 Å². The Balaban J connectivity index is 1.33. The van der Waals surface area contributed by atoms with Crippen LogP contribution in [0.2, 0.25) is 0 Å². The normalized spacial score (nSPS) is 17.0. The number of hydrogen-bond donors (Lipinski definition) is 0. The van der Waals surface area contributed by atoms with Crippen molar-refractivity contribution in [2.75, 3.05) is 24.5 Å². The number of rotatable bonds is 5. The topological polar surface area (TPSA) is 40.6 Å². The van der Waals surface area contributed by atoms with Crippen LogP contribution >= 0.6 is 0 Å². The van der Waals surface area contributed by atoms with E-state index in [-0.39, 0.29) is 17.7 Å². The number of hydrogen-bond acceptors (Lipinski definition) is 2. The van der Waals surface area contributed by atoms with Crippen LogP contribution in [-0.2, 0) is 22.4 Å². The molecule has 0 aliphatic carbocycles. The zero-order chi connectivity index (χ0) is 21.8. The highest BCUT2D eigenvalue weighted by Gasteiger charge is 2.32. The molecule has 0 atom stereocenters. The van der Waals surface area contributed by atoms with E-state index >= 15 is 0 Å². The molecule has 0 saturated carbocycles. The Kier molecular flexibility index (Phi) is 6.74. The van der Waals surface area contributed by atoms with E-state index in [4.69, 9.17) is 0 Å². The first-order chi connectivity index (χ1) is 15.0. The largest absolute Gasteiger partial charge is 0.343 e. The van der Waals surface area contributed by atoms with Crippen LogP contribution in [0.1, 0.15) is 62.1 Å². The number of carbonyl (C=O) groups is 2. The highest BCUT2D eigenvalue weighted by Crippen LogP contribution is 2.32. The fraction of sp³-hybridized carbons (Fsp3) is 0.481. The van der Waals surface area contributed by atoms with Crippen LogP contribution in [0, 0.1) is 5.92 Å². The van der Waals surface area contributed by atoms with Gasteiger partial charge in [0.25, 0.3) is 0 Å². The maximum absolute atomic E-state index is 13.3. The van der Waals surface area contributed by atoms with Crippen molar-refractivity contribution in [1.29, 1.82) is 0 Å². The van der Waals surface area contributed by atoms with Crippen LogP contribution in [0.5, 0.6) is 0 Å². The lowest BCUT2D eigenvalue weighted by Gasteiger charge is -2.36. The Morgan fingerprint density at radius 3 is 2.45 bits per heavy atom. The first-order valence-corrected chi connectivity index (χ1v) is 11.8. The summed E-state index contributed by atoms with van der Waals surface area (Å²) >= 11 is 0. The van der Waals surface area contributed by atoms with Crippen LogP contribution in [0.4, 0.5) is 5.69 Å². The molecule has 1 saturated heterocycles. The Morgan fingerprint density at radius 1 is 1.00 bits per heavy atom. The van der Waals surface area contributed by atoms with Crippen molar-refractivity contribution in [2.45, 2.75) is 58.3 Å². The van der Waals surface area contributed by atoms with E-state index in [2.05, 4.69) is 44.2 Å². The molecular formula is C27H34N2O2. The molecule has 164 valence electrons. The van der Waals surface area contributed by atoms with Gasteiger partial charge in [-0.15, -0.1) is 0 Å². The standard InChI is InChI=1S/C27H34N2O2/c1-20(2)23-11-12-25-24(19-23)9-6-16-29(25)27(31)22-14-17-28(18-15-22)26(30)13-10-21-7-4-3-5-8-21/h3-5,7-8,11-12,19-20,22H,6,9-10,13-18H2,1-2H3. The van der Waals surface area contributed by atoms with Gasteiger partial charge in [-0.25, -0.2) is 0 Å². The number of aryl methyl sites for hydroxylation is 2. The van der Waals surface area contributed by atoms with Gasteiger partial charge in [-0.05, 0) is 60.8 Å². The van der Waals surface area contributed by atoms with Gasteiger partial charge < -0.3 is 9.80 Å². The minimum atomic E-state index is 0.0221. The lowest BCUT2D eigenvalue weighted by Crippen LogP contribution is -2.45. The second-order valence-corrected chi connectivity index (χ2v) is 9.28. The number of benzene rings is 2. The number of likely N-dealkylation sites (tertiary alicyclic amines) is 1. The van der Waals surface area contributed by atoms with Gasteiger partial charge >= 0.3 is 0 Å². The summed E-state index contributed by atoms with van der Waals surface area (Å²) in [6.07, 6.45) is 4.94. The number of anilines is 1. The molecule has 2 amide bonds. The number of carbonyl (C=O) groups excluding carboxylic acids is 2. The van der Waals surface area contributed by atoms with Gasteiger partial charge in [0.15, 0.2) is 0 Å². The maximum Gasteiger partial charge on any atom is 0.230 e. The van der Waals surface area contributed by atoms with Crippen LogP contribution in [0.25, 0.3) is 0 Å². The summed E-state index contributed by atoms with van der Waals surface area (Å²) in [4.78, 5) is 29.9. The monoisotopic (exact) mass is 418 g/mol. The molecule has 2 aromatic rings. The number of fused-ring (bicyclic) bond motifs is 1. The first kappa shape index (κ1) is 21.6. The Bertz CT molecular complexity index is 914. The smallest absolute Gasteiger partial charge is 0.230 e. The summed E-state index contributed by atoms with van der Waals surface area (Å²) in [6, 6.07) is 16.8. The van der Waals surface area contributed by atoms with Crippen molar-refractivity contribution in [3.8, 4) is 0 Å². The molecule has 1 fully saturated rings. The van der Waals surface area contributed by atoms with Gasteiger partial charge in [-0.2, -0.15) is 0 Å². The molecule has 0 bridgehead atoms. The number of piperidine rings is 1. The molecule has 31 heavy (non-hydrogen) atoms. The Morgan fingerprint density at radius 2 is 1.74 bits per heavy atom. The fourth-order valence-corrected chi connectivity index (χ4v) is 4.86. The molecule has 0 N–H and O–H groups in total. The molecule has 4 nitrogen and oxygen atoms in total. The molecule has 2 aliphatic heterocycles. The lowest BCUT2D eigenvalue weighted by atomic mass is 9.91. The van der Waals surface area contributed by atoms with E-state index in [1.54, 1.807) is 0 Å². The summed E-state index contributed by atoms with van der Waals surface area (Å²) < 4.78 is 0. The zero-order valence-corrected chi connectivity index (χ0v) is 18.8. The van der Waals surface area contributed by atoms with E-state index in [9.17, 15) is 9.59 Å². The Labute approximate surface area is 186 Å². The van der Waals surface area contributed by atoms with Crippen molar-refractivity contribution in [3.63, 3.8) is 0 Å². The molecule has 2 aromatic carbocycles. The molecular weight excluding hydrogens is 384 g/mol. The third kappa shape index (κ3) is 5.00. The van der Waals surface area contributed by atoms with Crippen LogP contribution in [0.3, 0.4) is 0 Å². The summed E-state index contributed by atoms with van der Waals surface area (Å²) in [5.74, 6) is 0.975. The van der Waals surface area contributed by atoms with Crippen molar-refractivity contribution in [3.05, 3.63) is 65.2 Å². The summed E-state index contributed by atoms with van der Waals surface area (Å²) in [5, 5.41) is 0. The molecule has 4 heteroatoms. The number of nitrogens with zero attached hydrogens (tertiary/aromatic N) is 2. The van der Waals surface area contributed by atoms with E-state index in [1.807, 2.05) is 28.0 Å². The first-order valence-electron chi connectivity index (χ1n) is 11.8. The summed E-state index contributed by atoms with van der Waals surface area (Å²) in [5.41, 5.74) is 4.95. The highest BCUT2D eigenvalue weighted by molar-refractivity contribution is 5.96. The van der Waals surface area contributed by atoms with Crippen molar-refractivity contribution < 1.29 is 9.59 Å². The molecule has 4 rings (SSSR count). The van der Waals surface area contributed by atoms with Crippen molar-refractivity contribution >= 4 is 17.5 Å². The molecule has 0 unspecified atom stereocenters. The van der Waals surface area contributed by atoms with Crippen molar-refractivity contribution in [1.82, 2.24) is 4.90 Å². The van der Waals surface area contributed by atoms with E-state index in [0.29, 0.717) is 25.4 Å². The average molecular weight is 419 g/mol. The predicted molar refractivity (Wildman–Crippen MR) is 125 cm³/mol. The molecule has 0 aromatic heterocycles. The average Bonchev–Trinajstić information content (AvgIpc) is 2.82. The third-order valence-corrected chi connectivity index (χ3v) is 6.82. The highest BCUT2D eigenvalue weighted by atomic mass is 16.2. The quantitative estimate of drug-likeness (QED) is 0.688. The summed E-state index contributed by atoms with van der Waals surface area (Å²) in [6.45, 7) is 6.61. The maximum atomic E-state index is 13.3. The third-order valence-electron chi connectivity index (χ3n) is 6.82. The molecule has 2 heterocycles.